The van der Waals surface area contributed by atoms with E-state index < -0.39 is 5.60 Å². The average Bonchev–Trinajstić information content (AvgIpc) is 2.61. The van der Waals surface area contributed by atoms with E-state index in [9.17, 15) is 9.59 Å². The van der Waals surface area contributed by atoms with Gasteiger partial charge in [-0.05, 0) is 44.9 Å². The number of piperazine rings is 1. The molecule has 1 heterocycles. The molecule has 0 atom stereocenters. The quantitative estimate of drug-likeness (QED) is 0.606. The Hall–Kier alpha value is -2.77. The topological polar surface area (TPSA) is 100 Å². The van der Waals surface area contributed by atoms with Gasteiger partial charge in [0.1, 0.15) is 5.60 Å². The Kier molecular flexibility index (Phi) is 7.25. The molecule has 1 saturated heterocycles. The third-order valence-corrected chi connectivity index (χ3v) is 4.20. The number of benzene rings is 1. The number of carbonyl (C=O) groups is 2. The summed E-state index contributed by atoms with van der Waals surface area (Å²) in [5.74, 6) is 0.413. The second-order valence-electron chi connectivity index (χ2n) is 7.82. The highest BCUT2D eigenvalue weighted by Gasteiger charge is 2.26. The third-order valence-electron chi connectivity index (χ3n) is 4.20. The molecule has 154 valence electrons. The van der Waals surface area contributed by atoms with Crippen LogP contribution in [0.3, 0.4) is 0 Å². The average molecular weight is 390 g/mol. The van der Waals surface area contributed by atoms with Gasteiger partial charge >= 0.3 is 6.09 Å². The molecule has 2 rings (SSSR count). The molecule has 8 heteroatoms. The maximum Gasteiger partial charge on any atom is 0.410 e. The van der Waals surface area contributed by atoms with E-state index in [1.807, 2.05) is 49.9 Å². The number of anilines is 1. The standard InChI is InChI=1S/C20H31N5O3/c1-15(26)23-17-7-5-16(6-8-17)9-10-22-18(21)24-11-13-25(14-12-24)19(27)28-20(2,3)4/h5-8H,9-14H2,1-4H3,(H2,21,22)(H,23,26). The van der Waals surface area contributed by atoms with Gasteiger partial charge in [0.25, 0.3) is 0 Å². The van der Waals surface area contributed by atoms with Gasteiger partial charge in [-0.15, -0.1) is 0 Å². The van der Waals surface area contributed by atoms with Crippen LogP contribution in [0.2, 0.25) is 0 Å². The van der Waals surface area contributed by atoms with E-state index in [2.05, 4.69) is 10.3 Å². The van der Waals surface area contributed by atoms with E-state index in [1.54, 1.807) is 4.90 Å². The smallest absolute Gasteiger partial charge is 0.410 e. The lowest BCUT2D eigenvalue weighted by Gasteiger charge is -2.36. The lowest BCUT2D eigenvalue weighted by molar-refractivity contribution is -0.114. The maximum atomic E-state index is 12.1. The van der Waals surface area contributed by atoms with Crippen LogP contribution in [0.15, 0.2) is 29.3 Å². The Labute approximate surface area is 166 Å². The molecule has 3 N–H and O–H groups in total. The maximum absolute atomic E-state index is 12.1. The first kappa shape index (κ1) is 21.5. The van der Waals surface area contributed by atoms with Crippen LogP contribution in [-0.4, -0.2) is 66.1 Å². The minimum absolute atomic E-state index is 0.0862. The lowest BCUT2D eigenvalue weighted by atomic mass is 10.1. The van der Waals surface area contributed by atoms with Crippen LogP contribution in [0.5, 0.6) is 0 Å². The monoisotopic (exact) mass is 389 g/mol. The number of hydrogen-bond acceptors (Lipinski definition) is 4. The number of ether oxygens (including phenoxy) is 1. The zero-order chi connectivity index (χ0) is 20.7. The molecule has 1 aliphatic rings. The first-order valence-corrected chi connectivity index (χ1v) is 9.53. The SMILES string of the molecule is CC(=O)Nc1ccc(CCN=C(N)N2CCN(C(=O)OC(C)(C)C)CC2)cc1. The minimum atomic E-state index is -0.491. The molecule has 0 aliphatic carbocycles. The summed E-state index contributed by atoms with van der Waals surface area (Å²) in [6.07, 6.45) is 0.476. The van der Waals surface area contributed by atoms with E-state index in [-0.39, 0.29) is 12.0 Å². The number of rotatable bonds is 4. The minimum Gasteiger partial charge on any atom is -0.444 e. The fourth-order valence-corrected chi connectivity index (χ4v) is 2.80. The summed E-state index contributed by atoms with van der Waals surface area (Å²) in [5, 5.41) is 2.74. The van der Waals surface area contributed by atoms with Crippen molar-refractivity contribution in [3.8, 4) is 0 Å². The molecule has 1 aromatic rings. The summed E-state index contributed by atoms with van der Waals surface area (Å²) in [4.78, 5) is 31.3. The molecule has 28 heavy (non-hydrogen) atoms. The van der Waals surface area contributed by atoms with Gasteiger partial charge in [0, 0.05) is 45.3 Å². The van der Waals surface area contributed by atoms with Crippen LogP contribution >= 0.6 is 0 Å². The zero-order valence-corrected chi connectivity index (χ0v) is 17.2. The first-order chi connectivity index (χ1) is 13.1. The van der Waals surface area contributed by atoms with Crippen molar-refractivity contribution in [1.29, 1.82) is 0 Å². The number of amides is 2. The fraction of sp³-hybridized carbons (Fsp3) is 0.550. The van der Waals surface area contributed by atoms with Crippen LogP contribution in [0.25, 0.3) is 0 Å². The Balaban J connectivity index is 1.77. The van der Waals surface area contributed by atoms with Crippen molar-refractivity contribution in [2.75, 3.05) is 38.0 Å². The Morgan fingerprint density at radius 2 is 1.68 bits per heavy atom. The lowest BCUT2D eigenvalue weighted by Crippen LogP contribution is -2.53. The molecular formula is C20H31N5O3. The predicted molar refractivity (Wildman–Crippen MR) is 110 cm³/mol. The van der Waals surface area contributed by atoms with Crippen LogP contribution < -0.4 is 11.1 Å². The number of nitrogens with zero attached hydrogens (tertiary/aromatic N) is 3. The predicted octanol–water partition coefficient (Wildman–Crippen LogP) is 2.05. The van der Waals surface area contributed by atoms with Gasteiger partial charge in [-0.1, -0.05) is 12.1 Å². The second-order valence-corrected chi connectivity index (χ2v) is 7.82. The van der Waals surface area contributed by atoms with Gasteiger partial charge < -0.3 is 25.6 Å². The molecule has 8 nitrogen and oxygen atoms in total. The number of hydrogen-bond donors (Lipinski definition) is 2. The van der Waals surface area contributed by atoms with Gasteiger partial charge in [0.05, 0.1) is 0 Å². The van der Waals surface area contributed by atoms with E-state index >= 15 is 0 Å². The van der Waals surface area contributed by atoms with E-state index in [0.717, 1.165) is 17.7 Å². The molecule has 1 aliphatic heterocycles. The van der Waals surface area contributed by atoms with Crippen molar-refractivity contribution < 1.29 is 14.3 Å². The number of nitrogens with one attached hydrogen (secondary N) is 1. The van der Waals surface area contributed by atoms with Crippen molar-refractivity contribution in [2.24, 2.45) is 10.7 Å². The van der Waals surface area contributed by atoms with Crippen molar-refractivity contribution >= 4 is 23.6 Å². The summed E-state index contributed by atoms with van der Waals surface area (Å²) in [6, 6.07) is 7.69. The molecule has 0 aromatic heterocycles. The fourth-order valence-electron chi connectivity index (χ4n) is 2.80. The van der Waals surface area contributed by atoms with Gasteiger partial charge in [0.15, 0.2) is 5.96 Å². The highest BCUT2D eigenvalue weighted by Crippen LogP contribution is 2.12. The summed E-state index contributed by atoms with van der Waals surface area (Å²) in [5.41, 5.74) is 7.52. The molecule has 0 saturated carbocycles. The molecule has 0 unspecified atom stereocenters. The Bertz CT molecular complexity index is 702. The summed E-state index contributed by atoms with van der Waals surface area (Å²) >= 11 is 0. The van der Waals surface area contributed by atoms with Crippen molar-refractivity contribution in [1.82, 2.24) is 9.80 Å². The number of aliphatic imine (C=N–C) groups is 1. The second kappa shape index (κ2) is 9.43. The highest BCUT2D eigenvalue weighted by atomic mass is 16.6. The van der Waals surface area contributed by atoms with E-state index in [0.29, 0.717) is 38.7 Å². The summed E-state index contributed by atoms with van der Waals surface area (Å²) in [7, 11) is 0. The number of carbonyl (C=O) groups excluding carboxylic acids is 2. The molecule has 1 fully saturated rings. The van der Waals surface area contributed by atoms with Gasteiger partial charge in [-0.2, -0.15) is 0 Å². The summed E-state index contributed by atoms with van der Waals surface area (Å²) in [6.45, 7) is 10.1. The van der Waals surface area contributed by atoms with Crippen LogP contribution in [0, 0.1) is 0 Å². The molecule has 2 amide bonds. The van der Waals surface area contributed by atoms with E-state index in [1.165, 1.54) is 6.92 Å². The molecule has 0 spiro atoms. The largest absolute Gasteiger partial charge is 0.444 e. The van der Waals surface area contributed by atoms with Gasteiger partial charge in [-0.3, -0.25) is 9.79 Å². The van der Waals surface area contributed by atoms with Crippen LogP contribution in [0.1, 0.15) is 33.3 Å². The van der Waals surface area contributed by atoms with Crippen LogP contribution in [0.4, 0.5) is 10.5 Å². The molecule has 1 aromatic carbocycles. The molecular weight excluding hydrogens is 358 g/mol. The first-order valence-electron chi connectivity index (χ1n) is 9.53. The Morgan fingerprint density at radius 1 is 1.11 bits per heavy atom. The third kappa shape index (κ3) is 7.09. The zero-order valence-electron chi connectivity index (χ0n) is 17.2. The van der Waals surface area contributed by atoms with Gasteiger partial charge in [0.2, 0.25) is 5.91 Å². The van der Waals surface area contributed by atoms with Gasteiger partial charge in [-0.25, -0.2) is 4.79 Å². The van der Waals surface area contributed by atoms with Crippen molar-refractivity contribution in [2.45, 2.75) is 39.7 Å². The normalized spacial score (nSPS) is 15.4. The molecule has 0 radical (unpaired) electrons. The number of guanidine groups is 1. The Morgan fingerprint density at radius 3 is 2.21 bits per heavy atom. The summed E-state index contributed by atoms with van der Waals surface area (Å²) < 4.78 is 5.40. The number of nitrogens with two attached hydrogens (primary N) is 1. The van der Waals surface area contributed by atoms with E-state index in [4.69, 9.17) is 10.5 Å². The van der Waals surface area contributed by atoms with Crippen LogP contribution in [-0.2, 0) is 16.0 Å². The van der Waals surface area contributed by atoms with Crippen molar-refractivity contribution in [3.63, 3.8) is 0 Å². The highest BCUT2D eigenvalue weighted by molar-refractivity contribution is 5.88. The van der Waals surface area contributed by atoms with Crippen molar-refractivity contribution in [3.05, 3.63) is 29.8 Å². The molecule has 0 bridgehead atoms.